The first-order valence-corrected chi connectivity index (χ1v) is 14.2. The molecule has 12 heteroatoms. The van der Waals surface area contributed by atoms with E-state index in [0.717, 1.165) is 43.0 Å². The highest BCUT2D eigenvalue weighted by atomic mass is 32.1. The van der Waals surface area contributed by atoms with E-state index < -0.39 is 47.7 Å². The normalized spacial score (nSPS) is 21.2. The molecule has 3 aliphatic heterocycles. The lowest BCUT2D eigenvalue weighted by Gasteiger charge is -2.36. The molecule has 0 aliphatic carbocycles. The Bertz CT molecular complexity index is 1810. The van der Waals surface area contributed by atoms with Gasteiger partial charge in [0, 0.05) is 53.9 Å². The van der Waals surface area contributed by atoms with Gasteiger partial charge >= 0.3 is 23.5 Å². The summed E-state index contributed by atoms with van der Waals surface area (Å²) in [7, 11) is 0. The number of pyridine rings is 1. The minimum Gasteiger partial charge on any atom is -0.421 e. The van der Waals surface area contributed by atoms with Crippen molar-refractivity contribution in [3.8, 4) is 11.5 Å². The Hall–Kier alpha value is -4.26. The molecule has 2 aromatic carbocycles. The lowest BCUT2D eigenvalue weighted by molar-refractivity contribution is -0.169. The molecule has 0 amide bonds. The molecule has 2 aromatic heterocycles. The molecule has 3 bridgehead atoms. The van der Waals surface area contributed by atoms with Crippen LogP contribution in [-0.4, -0.2) is 71.0 Å². The summed E-state index contributed by atoms with van der Waals surface area (Å²) in [6, 6.07) is 13.8. The molecule has 1 N–H and O–H groups in total. The lowest BCUT2D eigenvalue weighted by Crippen LogP contribution is -2.47. The van der Waals surface area contributed by atoms with E-state index in [9.17, 15) is 24.3 Å². The van der Waals surface area contributed by atoms with E-state index in [4.69, 9.17) is 14.3 Å². The van der Waals surface area contributed by atoms with Crippen LogP contribution in [0.1, 0.15) is 18.4 Å². The molecule has 0 spiro atoms. The molecule has 5 heterocycles. The number of thiophene rings is 1. The number of benzene rings is 2. The van der Waals surface area contributed by atoms with Crippen molar-refractivity contribution in [2.45, 2.75) is 24.9 Å². The van der Waals surface area contributed by atoms with E-state index in [1.165, 1.54) is 15.8 Å². The van der Waals surface area contributed by atoms with E-state index in [1.54, 1.807) is 23.5 Å². The van der Waals surface area contributed by atoms with Crippen molar-refractivity contribution in [2.75, 3.05) is 37.6 Å². The average molecular weight is 576 g/mol. The molecule has 11 nitrogen and oxygen atoms in total. The number of nitrogens with zero attached hydrogens (tertiary/aromatic N) is 3. The van der Waals surface area contributed by atoms with Gasteiger partial charge in [-0.05, 0) is 47.7 Å². The predicted octanol–water partition coefficient (Wildman–Crippen LogP) is 1.89. The molecule has 1 unspecified atom stereocenters. The van der Waals surface area contributed by atoms with Gasteiger partial charge in [-0.2, -0.15) is 0 Å². The van der Waals surface area contributed by atoms with Crippen molar-refractivity contribution < 1.29 is 33.8 Å². The quantitative estimate of drug-likeness (QED) is 0.361. The number of carbonyl (C=O) groups is 3. The predicted molar refractivity (Wildman–Crippen MR) is 149 cm³/mol. The molecule has 0 radical (unpaired) electrons. The van der Waals surface area contributed by atoms with Crippen LogP contribution in [0.5, 0.6) is 11.5 Å². The molecule has 41 heavy (non-hydrogen) atoms. The highest BCUT2D eigenvalue weighted by Gasteiger charge is 2.48. The molecular formula is C29H25N3O8S. The van der Waals surface area contributed by atoms with Gasteiger partial charge in [0.25, 0.3) is 0 Å². The maximum Gasteiger partial charge on any atom is 0.345 e. The summed E-state index contributed by atoms with van der Waals surface area (Å²) in [5.74, 6) is -4.20. The fourth-order valence-electron chi connectivity index (χ4n) is 5.71. The Labute approximate surface area is 237 Å². The summed E-state index contributed by atoms with van der Waals surface area (Å²) in [4.78, 5) is 61.2. The molecule has 1 saturated heterocycles. The van der Waals surface area contributed by atoms with Crippen molar-refractivity contribution in [3.63, 3.8) is 0 Å². The topological polar surface area (TPSA) is 128 Å². The third kappa shape index (κ3) is 4.44. The zero-order chi connectivity index (χ0) is 28.3. The first-order chi connectivity index (χ1) is 19.8. The summed E-state index contributed by atoms with van der Waals surface area (Å²) in [6.07, 6.45) is -1.05. The van der Waals surface area contributed by atoms with Crippen LogP contribution in [0.3, 0.4) is 0 Å². The van der Waals surface area contributed by atoms with Crippen LogP contribution < -0.4 is 24.8 Å². The third-order valence-corrected chi connectivity index (χ3v) is 8.75. The van der Waals surface area contributed by atoms with Crippen LogP contribution in [0.15, 0.2) is 52.6 Å². The first-order valence-electron chi connectivity index (χ1n) is 13.3. The monoisotopic (exact) mass is 575 g/mol. The first kappa shape index (κ1) is 25.7. The Morgan fingerprint density at radius 2 is 1.68 bits per heavy atom. The highest BCUT2D eigenvalue weighted by molar-refractivity contribution is 7.17. The van der Waals surface area contributed by atoms with Gasteiger partial charge in [-0.3, -0.25) is 14.5 Å². The summed E-state index contributed by atoms with van der Waals surface area (Å²) in [5, 5.41) is 14.3. The molecule has 3 aliphatic rings. The van der Waals surface area contributed by atoms with Crippen LogP contribution in [0.4, 0.5) is 5.69 Å². The van der Waals surface area contributed by atoms with E-state index in [0.29, 0.717) is 6.42 Å². The van der Waals surface area contributed by atoms with Crippen molar-refractivity contribution in [3.05, 3.63) is 63.8 Å². The number of aliphatic hydroxyl groups is 1. The molecule has 4 aromatic rings. The van der Waals surface area contributed by atoms with Gasteiger partial charge in [0.1, 0.15) is 0 Å². The van der Waals surface area contributed by atoms with Crippen molar-refractivity contribution in [1.29, 1.82) is 0 Å². The summed E-state index contributed by atoms with van der Waals surface area (Å²) < 4.78 is 12.6. The fraction of sp³-hybridized carbons (Fsp3) is 0.310. The fourth-order valence-corrected chi connectivity index (χ4v) is 6.51. The molecule has 1 atom stereocenters. The maximum atomic E-state index is 13.3. The lowest BCUT2D eigenvalue weighted by atomic mass is 9.95. The second-order valence-electron chi connectivity index (χ2n) is 10.5. The number of fused-ring (bicyclic) bond motifs is 7. The Morgan fingerprint density at radius 1 is 0.878 bits per heavy atom. The number of rotatable bonds is 4. The van der Waals surface area contributed by atoms with Gasteiger partial charge in [0.15, 0.2) is 11.4 Å². The van der Waals surface area contributed by atoms with Gasteiger partial charge in [0.05, 0.1) is 18.4 Å². The van der Waals surface area contributed by atoms with Gasteiger partial charge < -0.3 is 24.3 Å². The molecular weight excluding hydrogens is 550 g/mol. The van der Waals surface area contributed by atoms with Gasteiger partial charge in [-0.1, -0.05) is 12.1 Å². The smallest absolute Gasteiger partial charge is 0.345 e. The standard InChI is InChI=1S/C29H25N3O8S/c33-23-15-29(37)16-24(34)40-32-21-14-17(4-5-19(21)25(38-23)26(27(32)35)39-28(29)36)6-8-30-9-11-31(12-10-30)20-2-1-3-22-18(20)7-13-41-22/h1-5,7,13-14,37H,6,8-12,15-16H2. The largest absolute Gasteiger partial charge is 0.421 e. The number of aromatic nitrogens is 1. The van der Waals surface area contributed by atoms with Gasteiger partial charge in [-0.15, -0.1) is 16.1 Å². The number of esters is 2. The third-order valence-electron chi connectivity index (χ3n) is 7.87. The van der Waals surface area contributed by atoms with Crippen molar-refractivity contribution >= 4 is 55.9 Å². The minimum absolute atomic E-state index is 0.185. The van der Waals surface area contributed by atoms with E-state index in [1.807, 2.05) is 6.07 Å². The molecule has 0 saturated carbocycles. The van der Waals surface area contributed by atoms with Crippen molar-refractivity contribution in [1.82, 2.24) is 9.63 Å². The van der Waals surface area contributed by atoms with E-state index >= 15 is 0 Å². The summed E-state index contributed by atoms with van der Waals surface area (Å²) in [5.41, 5.74) is -1.18. The number of carbonyl (C=O) groups excluding carboxylic acids is 3. The highest BCUT2D eigenvalue weighted by Crippen LogP contribution is 2.38. The zero-order valence-corrected chi connectivity index (χ0v) is 22.6. The Kier molecular flexibility index (Phi) is 6.07. The second kappa shape index (κ2) is 9.68. The minimum atomic E-state index is -2.51. The zero-order valence-electron chi connectivity index (χ0n) is 21.8. The molecule has 1 fully saturated rings. The average Bonchev–Trinajstić information content (AvgIpc) is 3.44. The van der Waals surface area contributed by atoms with Crippen LogP contribution >= 0.6 is 11.3 Å². The number of anilines is 1. The molecule has 210 valence electrons. The number of hydrogen-bond acceptors (Lipinski definition) is 11. The number of ether oxygens (including phenoxy) is 2. The number of hydrogen-bond donors (Lipinski definition) is 1. The van der Waals surface area contributed by atoms with Gasteiger partial charge in [0.2, 0.25) is 5.75 Å². The van der Waals surface area contributed by atoms with E-state index in [2.05, 4.69) is 39.4 Å². The van der Waals surface area contributed by atoms with Crippen LogP contribution in [0, 0.1) is 0 Å². The summed E-state index contributed by atoms with van der Waals surface area (Å²) in [6.45, 7) is 4.38. The van der Waals surface area contributed by atoms with Crippen LogP contribution in [0.2, 0.25) is 0 Å². The maximum absolute atomic E-state index is 13.3. The van der Waals surface area contributed by atoms with Crippen LogP contribution in [0.25, 0.3) is 21.0 Å². The number of piperazine rings is 1. The summed E-state index contributed by atoms with van der Waals surface area (Å²) >= 11 is 1.75. The molecule has 7 rings (SSSR count). The van der Waals surface area contributed by atoms with E-state index in [-0.39, 0.29) is 16.7 Å². The SMILES string of the molecule is O=C1CC2(O)CC(=O)On3c(=O)c(c(c4ccc(CCN5CCN(c6cccc7sccc67)CC5)cc43)O1)OC2=O. The second-order valence-corrected chi connectivity index (χ2v) is 11.5. The van der Waals surface area contributed by atoms with Crippen molar-refractivity contribution in [2.24, 2.45) is 0 Å². The van der Waals surface area contributed by atoms with Gasteiger partial charge in [-0.25, -0.2) is 9.59 Å². The van der Waals surface area contributed by atoms with Crippen LogP contribution in [-0.2, 0) is 20.8 Å². The Balaban J connectivity index is 1.14. The Morgan fingerprint density at radius 3 is 2.51 bits per heavy atom.